The number of hydrogen-bond acceptors (Lipinski definition) is 5. The second kappa shape index (κ2) is 5.99. The maximum absolute atomic E-state index is 5.86. The standard InChI is InChI=1S/C15H24N6/c1-3-13(11-16)19-6-8-20(9-7-19)15-14-10-12(2)18-21(14)5-4-17-15/h4-5,10,13H,3,6-9,11,16H2,1-2H3. The number of aryl methyl sites for hydroxylation is 1. The zero-order valence-corrected chi connectivity index (χ0v) is 12.9. The normalized spacial score (nSPS) is 18.3. The van der Waals surface area contributed by atoms with Gasteiger partial charge in [0.05, 0.1) is 5.69 Å². The topological polar surface area (TPSA) is 62.7 Å². The van der Waals surface area contributed by atoms with Gasteiger partial charge in [0.2, 0.25) is 0 Å². The van der Waals surface area contributed by atoms with Crippen LogP contribution >= 0.6 is 0 Å². The monoisotopic (exact) mass is 288 g/mol. The van der Waals surface area contributed by atoms with Crippen LogP contribution in [0, 0.1) is 6.92 Å². The van der Waals surface area contributed by atoms with Crippen LogP contribution in [0.4, 0.5) is 5.82 Å². The molecule has 0 amide bonds. The van der Waals surface area contributed by atoms with Crippen LogP contribution in [0.25, 0.3) is 5.52 Å². The van der Waals surface area contributed by atoms with Crippen LogP contribution in [0.3, 0.4) is 0 Å². The highest BCUT2D eigenvalue weighted by atomic mass is 15.3. The van der Waals surface area contributed by atoms with Crippen molar-refractivity contribution >= 4 is 11.3 Å². The van der Waals surface area contributed by atoms with Crippen molar-refractivity contribution in [3.63, 3.8) is 0 Å². The molecule has 0 aliphatic carbocycles. The summed E-state index contributed by atoms with van der Waals surface area (Å²) < 4.78 is 1.92. The summed E-state index contributed by atoms with van der Waals surface area (Å²) in [6.07, 6.45) is 4.85. The molecule has 2 aromatic rings. The Hall–Kier alpha value is -1.66. The third kappa shape index (κ3) is 2.73. The SMILES string of the molecule is CCC(CN)N1CCN(c2nccn3nc(C)cc23)CC1. The van der Waals surface area contributed by atoms with Gasteiger partial charge in [0, 0.05) is 51.2 Å². The van der Waals surface area contributed by atoms with E-state index in [9.17, 15) is 0 Å². The Morgan fingerprint density at radius 1 is 1.29 bits per heavy atom. The van der Waals surface area contributed by atoms with Gasteiger partial charge in [-0.2, -0.15) is 5.10 Å². The van der Waals surface area contributed by atoms with Gasteiger partial charge in [-0.15, -0.1) is 0 Å². The quantitative estimate of drug-likeness (QED) is 0.905. The minimum Gasteiger partial charge on any atom is -0.352 e. The molecule has 1 fully saturated rings. The largest absolute Gasteiger partial charge is 0.352 e. The average Bonchev–Trinajstić information content (AvgIpc) is 2.89. The molecule has 114 valence electrons. The van der Waals surface area contributed by atoms with Crippen molar-refractivity contribution in [1.29, 1.82) is 0 Å². The molecule has 6 heteroatoms. The van der Waals surface area contributed by atoms with Gasteiger partial charge in [-0.3, -0.25) is 4.90 Å². The molecule has 3 heterocycles. The summed E-state index contributed by atoms with van der Waals surface area (Å²) in [6.45, 7) is 9.05. The van der Waals surface area contributed by atoms with E-state index in [1.807, 2.05) is 23.8 Å². The van der Waals surface area contributed by atoms with E-state index in [1.165, 1.54) is 0 Å². The van der Waals surface area contributed by atoms with Crippen molar-refractivity contribution < 1.29 is 0 Å². The molecule has 1 aliphatic rings. The number of rotatable bonds is 4. The molecule has 0 radical (unpaired) electrons. The Morgan fingerprint density at radius 3 is 2.71 bits per heavy atom. The number of anilines is 1. The Balaban J connectivity index is 1.77. The van der Waals surface area contributed by atoms with Gasteiger partial charge in [0.15, 0.2) is 5.82 Å². The molecule has 2 N–H and O–H groups in total. The second-order valence-electron chi connectivity index (χ2n) is 5.69. The first-order valence-electron chi connectivity index (χ1n) is 7.73. The van der Waals surface area contributed by atoms with Crippen molar-refractivity contribution in [3.8, 4) is 0 Å². The molecule has 1 aliphatic heterocycles. The predicted octanol–water partition coefficient (Wildman–Crippen LogP) is 0.897. The molecule has 0 bridgehead atoms. The van der Waals surface area contributed by atoms with Crippen LogP contribution in [0.2, 0.25) is 0 Å². The number of hydrogen-bond donors (Lipinski definition) is 1. The zero-order chi connectivity index (χ0) is 14.8. The van der Waals surface area contributed by atoms with Crippen molar-refractivity contribution in [1.82, 2.24) is 19.5 Å². The highest BCUT2D eigenvalue weighted by molar-refractivity contribution is 5.69. The third-order valence-corrected chi connectivity index (χ3v) is 4.37. The Labute approximate surface area is 125 Å². The minimum absolute atomic E-state index is 0.508. The second-order valence-corrected chi connectivity index (χ2v) is 5.69. The fourth-order valence-corrected chi connectivity index (χ4v) is 3.15. The van der Waals surface area contributed by atoms with Crippen LogP contribution in [-0.4, -0.2) is 58.3 Å². The maximum atomic E-state index is 5.86. The summed E-state index contributed by atoms with van der Waals surface area (Å²) in [5.41, 5.74) is 7.97. The van der Waals surface area contributed by atoms with E-state index in [4.69, 9.17) is 5.73 Å². The van der Waals surface area contributed by atoms with E-state index in [0.29, 0.717) is 6.04 Å². The van der Waals surface area contributed by atoms with Gasteiger partial charge in [0.1, 0.15) is 5.52 Å². The van der Waals surface area contributed by atoms with Gasteiger partial charge < -0.3 is 10.6 Å². The lowest BCUT2D eigenvalue weighted by Gasteiger charge is -2.39. The van der Waals surface area contributed by atoms with Gasteiger partial charge >= 0.3 is 0 Å². The molecule has 1 unspecified atom stereocenters. The molecule has 1 saturated heterocycles. The number of nitrogens with zero attached hydrogens (tertiary/aromatic N) is 5. The summed E-state index contributed by atoms with van der Waals surface area (Å²) in [7, 11) is 0. The maximum Gasteiger partial charge on any atom is 0.154 e. The molecule has 0 saturated carbocycles. The first-order chi connectivity index (χ1) is 10.2. The molecule has 1 atom stereocenters. The van der Waals surface area contributed by atoms with Crippen molar-refractivity contribution in [3.05, 3.63) is 24.2 Å². The summed E-state index contributed by atoms with van der Waals surface area (Å²) in [4.78, 5) is 9.43. The number of aromatic nitrogens is 3. The first kappa shape index (κ1) is 14.3. The van der Waals surface area contributed by atoms with Gasteiger partial charge in [0.25, 0.3) is 0 Å². The van der Waals surface area contributed by atoms with Crippen LogP contribution in [0.5, 0.6) is 0 Å². The summed E-state index contributed by atoms with van der Waals surface area (Å²) in [5.74, 6) is 1.04. The fraction of sp³-hybridized carbons (Fsp3) is 0.600. The van der Waals surface area contributed by atoms with E-state index >= 15 is 0 Å². The predicted molar refractivity (Wildman–Crippen MR) is 84.6 cm³/mol. The zero-order valence-electron chi connectivity index (χ0n) is 12.9. The molecular formula is C15H24N6. The number of nitrogens with two attached hydrogens (primary N) is 1. The fourth-order valence-electron chi connectivity index (χ4n) is 3.15. The van der Waals surface area contributed by atoms with E-state index < -0.39 is 0 Å². The van der Waals surface area contributed by atoms with Crippen molar-refractivity contribution in [2.75, 3.05) is 37.6 Å². The van der Waals surface area contributed by atoms with Crippen LogP contribution in [0.1, 0.15) is 19.0 Å². The van der Waals surface area contributed by atoms with E-state index in [0.717, 1.165) is 56.2 Å². The number of fused-ring (bicyclic) bond motifs is 1. The first-order valence-corrected chi connectivity index (χ1v) is 7.73. The smallest absolute Gasteiger partial charge is 0.154 e. The minimum atomic E-state index is 0.508. The van der Waals surface area contributed by atoms with E-state index in [1.54, 1.807) is 0 Å². The van der Waals surface area contributed by atoms with Crippen molar-refractivity contribution in [2.45, 2.75) is 26.3 Å². The highest BCUT2D eigenvalue weighted by Crippen LogP contribution is 2.21. The summed E-state index contributed by atoms with van der Waals surface area (Å²) >= 11 is 0. The summed E-state index contributed by atoms with van der Waals surface area (Å²) in [6, 6.07) is 2.61. The molecule has 6 nitrogen and oxygen atoms in total. The summed E-state index contributed by atoms with van der Waals surface area (Å²) in [5, 5.41) is 4.46. The highest BCUT2D eigenvalue weighted by Gasteiger charge is 2.23. The molecule has 0 spiro atoms. The van der Waals surface area contributed by atoms with Crippen LogP contribution in [0.15, 0.2) is 18.5 Å². The number of piperazine rings is 1. The lowest BCUT2D eigenvalue weighted by atomic mass is 10.1. The molecule has 0 aromatic carbocycles. The van der Waals surface area contributed by atoms with E-state index in [2.05, 4.69) is 32.9 Å². The average molecular weight is 288 g/mol. The Kier molecular flexibility index (Phi) is 4.07. The molecule has 21 heavy (non-hydrogen) atoms. The molecular weight excluding hydrogens is 264 g/mol. The third-order valence-electron chi connectivity index (χ3n) is 4.37. The molecule has 3 rings (SSSR count). The Bertz CT molecular complexity index is 595. The van der Waals surface area contributed by atoms with Crippen molar-refractivity contribution in [2.24, 2.45) is 5.73 Å². The van der Waals surface area contributed by atoms with Crippen LogP contribution in [-0.2, 0) is 0 Å². The van der Waals surface area contributed by atoms with Gasteiger partial charge in [-0.05, 0) is 19.4 Å². The lowest BCUT2D eigenvalue weighted by Crippen LogP contribution is -2.52. The van der Waals surface area contributed by atoms with Gasteiger partial charge in [-0.25, -0.2) is 9.50 Å². The van der Waals surface area contributed by atoms with Gasteiger partial charge in [-0.1, -0.05) is 6.92 Å². The van der Waals surface area contributed by atoms with Crippen LogP contribution < -0.4 is 10.6 Å². The van der Waals surface area contributed by atoms with E-state index in [-0.39, 0.29) is 0 Å². The lowest BCUT2D eigenvalue weighted by molar-refractivity contribution is 0.184. The molecule has 2 aromatic heterocycles. The Morgan fingerprint density at radius 2 is 2.05 bits per heavy atom.